The van der Waals surface area contributed by atoms with E-state index in [0.717, 1.165) is 13.1 Å². The fraction of sp³-hybridized carbons (Fsp3) is 0.571. The monoisotopic (exact) mass is 141 g/mol. The lowest BCUT2D eigenvalue weighted by atomic mass is 10.2. The molecule has 0 aromatic rings. The predicted molar refractivity (Wildman–Crippen MR) is 37.1 cm³/mol. The third-order valence-corrected chi connectivity index (χ3v) is 1.33. The Labute approximate surface area is 60.2 Å². The van der Waals surface area contributed by atoms with E-state index < -0.39 is 0 Å². The van der Waals surface area contributed by atoms with E-state index in [9.17, 15) is 4.79 Å². The van der Waals surface area contributed by atoms with E-state index in [0.29, 0.717) is 12.0 Å². The van der Waals surface area contributed by atoms with Crippen LogP contribution in [-0.2, 0) is 9.63 Å². The van der Waals surface area contributed by atoms with Crippen molar-refractivity contribution < 1.29 is 9.63 Å². The van der Waals surface area contributed by atoms with Gasteiger partial charge in [-0.2, -0.15) is 0 Å². The van der Waals surface area contributed by atoms with Crippen LogP contribution in [0.4, 0.5) is 0 Å². The zero-order chi connectivity index (χ0) is 7.56. The Hall–Kier alpha value is -0.830. The second kappa shape index (κ2) is 2.84. The van der Waals surface area contributed by atoms with Crippen LogP contribution in [0.5, 0.6) is 0 Å². The van der Waals surface area contributed by atoms with Gasteiger partial charge in [0.2, 0.25) is 0 Å². The van der Waals surface area contributed by atoms with Gasteiger partial charge in [0.1, 0.15) is 0 Å². The van der Waals surface area contributed by atoms with Crippen LogP contribution in [0.3, 0.4) is 0 Å². The molecular weight excluding hydrogens is 130 g/mol. The van der Waals surface area contributed by atoms with Crippen molar-refractivity contribution in [1.29, 1.82) is 0 Å². The van der Waals surface area contributed by atoms with Gasteiger partial charge in [-0.3, -0.25) is 0 Å². The molecule has 3 nitrogen and oxygen atoms in total. The standard InChI is InChI=1S/C7H11NO2/c1-3-6(2)7(9)10-8-4-5-8/h2-5H2,1H3. The molecule has 1 fully saturated rings. The molecule has 10 heavy (non-hydrogen) atoms. The largest absolute Gasteiger partial charge is 0.364 e. The Bertz CT molecular complexity index is 161. The molecule has 0 aromatic heterocycles. The zero-order valence-electron chi connectivity index (χ0n) is 6.09. The lowest BCUT2D eigenvalue weighted by molar-refractivity contribution is -0.160. The van der Waals surface area contributed by atoms with Crippen molar-refractivity contribution in [1.82, 2.24) is 5.06 Å². The van der Waals surface area contributed by atoms with Crippen LogP contribution in [-0.4, -0.2) is 24.1 Å². The lowest BCUT2D eigenvalue weighted by Gasteiger charge is -2.02. The molecule has 1 heterocycles. The van der Waals surface area contributed by atoms with Gasteiger partial charge in [-0.1, -0.05) is 13.5 Å². The molecule has 1 aliphatic heterocycles. The molecule has 0 atom stereocenters. The highest BCUT2D eigenvalue weighted by atomic mass is 16.7. The molecule has 0 N–H and O–H groups in total. The first-order valence-corrected chi connectivity index (χ1v) is 3.39. The number of carbonyl (C=O) groups excluding carboxylic acids is 1. The first kappa shape index (κ1) is 7.28. The van der Waals surface area contributed by atoms with E-state index in [2.05, 4.69) is 6.58 Å². The van der Waals surface area contributed by atoms with Crippen LogP contribution in [0.2, 0.25) is 0 Å². The van der Waals surface area contributed by atoms with Crippen LogP contribution in [0.25, 0.3) is 0 Å². The molecule has 3 heteroatoms. The zero-order valence-corrected chi connectivity index (χ0v) is 6.09. The third kappa shape index (κ3) is 1.84. The summed E-state index contributed by atoms with van der Waals surface area (Å²) in [7, 11) is 0. The average Bonchev–Trinajstić information content (AvgIpc) is 2.70. The van der Waals surface area contributed by atoms with E-state index in [4.69, 9.17) is 4.84 Å². The Morgan fingerprint density at radius 1 is 1.70 bits per heavy atom. The van der Waals surface area contributed by atoms with Gasteiger partial charge >= 0.3 is 5.97 Å². The van der Waals surface area contributed by atoms with E-state index in [1.165, 1.54) is 0 Å². The maximum atomic E-state index is 10.9. The summed E-state index contributed by atoms with van der Waals surface area (Å²) in [5, 5.41) is 1.60. The quantitative estimate of drug-likeness (QED) is 0.428. The molecular formula is C7H11NO2. The van der Waals surface area contributed by atoms with Gasteiger partial charge in [0.25, 0.3) is 0 Å². The SMILES string of the molecule is C=C(CC)C(=O)ON1CC1. The van der Waals surface area contributed by atoms with Crippen molar-refractivity contribution in [3.8, 4) is 0 Å². The van der Waals surface area contributed by atoms with Gasteiger partial charge in [-0.25, -0.2) is 4.79 Å². The summed E-state index contributed by atoms with van der Waals surface area (Å²) < 4.78 is 0. The summed E-state index contributed by atoms with van der Waals surface area (Å²) in [5.41, 5.74) is 0.534. The molecule has 0 bridgehead atoms. The maximum absolute atomic E-state index is 10.9. The van der Waals surface area contributed by atoms with E-state index in [1.807, 2.05) is 6.92 Å². The van der Waals surface area contributed by atoms with Crippen molar-refractivity contribution in [2.75, 3.05) is 13.1 Å². The molecule has 1 aliphatic rings. The normalized spacial score (nSPS) is 16.5. The third-order valence-electron chi connectivity index (χ3n) is 1.33. The number of hydrogen-bond donors (Lipinski definition) is 0. The second-order valence-electron chi connectivity index (χ2n) is 2.26. The topological polar surface area (TPSA) is 29.3 Å². The van der Waals surface area contributed by atoms with Gasteiger partial charge in [0, 0.05) is 5.57 Å². The van der Waals surface area contributed by atoms with Crippen LogP contribution < -0.4 is 0 Å². The van der Waals surface area contributed by atoms with Gasteiger partial charge in [0.05, 0.1) is 13.1 Å². The Balaban J connectivity index is 2.25. The minimum Gasteiger partial charge on any atom is -0.364 e. The fourth-order valence-corrected chi connectivity index (χ4v) is 0.458. The highest BCUT2D eigenvalue weighted by Crippen LogP contribution is 2.08. The van der Waals surface area contributed by atoms with Crippen molar-refractivity contribution >= 4 is 5.97 Å². The molecule has 1 rings (SSSR count). The summed E-state index contributed by atoms with van der Waals surface area (Å²) in [6.07, 6.45) is 0.659. The van der Waals surface area contributed by atoms with Crippen LogP contribution in [0.1, 0.15) is 13.3 Å². The molecule has 1 saturated heterocycles. The average molecular weight is 141 g/mol. The molecule has 0 saturated carbocycles. The summed E-state index contributed by atoms with van der Waals surface area (Å²) in [6, 6.07) is 0. The molecule has 0 amide bonds. The summed E-state index contributed by atoms with van der Waals surface area (Å²) in [5.74, 6) is -0.292. The van der Waals surface area contributed by atoms with Crippen LogP contribution >= 0.6 is 0 Å². The van der Waals surface area contributed by atoms with Crippen molar-refractivity contribution in [2.45, 2.75) is 13.3 Å². The summed E-state index contributed by atoms with van der Waals surface area (Å²) in [6.45, 7) is 7.16. The smallest absolute Gasteiger partial charge is 0.352 e. The first-order chi connectivity index (χ1) is 4.74. The molecule has 0 aromatic carbocycles. The minimum absolute atomic E-state index is 0.292. The first-order valence-electron chi connectivity index (χ1n) is 3.39. The minimum atomic E-state index is -0.292. The van der Waals surface area contributed by atoms with Gasteiger partial charge < -0.3 is 4.84 Å². The van der Waals surface area contributed by atoms with E-state index >= 15 is 0 Å². The molecule has 0 unspecified atom stereocenters. The highest BCUT2D eigenvalue weighted by molar-refractivity contribution is 5.87. The number of carbonyl (C=O) groups is 1. The molecule has 56 valence electrons. The highest BCUT2D eigenvalue weighted by Gasteiger charge is 2.22. The lowest BCUT2D eigenvalue weighted by Crippen LogP contribution is -2.10. The van der Waals surface area contributed by atoms with Crippen molar-refractivity contribution in [2.24, 2.45) is 0 Å². The van der Waals surface area contributed by atoms with E-state index in [-0.39, 0.29) is 5.97 Å². The number of rotatable bonds is 3. The number of hydrogen-bond acceptors (Lipinski definition) is 3. The molecule has 0 aliphatic carbocycles. The molecule has 0 spiro atoms. The van der Waals surface area contributed by atoms with E-state index in [1.54, 1.807) is 5.06 Å². The molecule has 0 radical (unpaired) electrons. The van der Waals surface area contributed by atoms with Crippen molar-refractivity contribution in [3.05, 3.63) is 12.2 Å². The fourth-order valence-electron chi connectivity index (χ4n) is 0.458. The van der Waals surface area contributed by atoms with Crippen LogP contribution in [0.15, 0.2) is 12.2 Å². The number of nitrogens with zero attached hydrogens (tertiary/aromatic N) is 1. The summed E-state index contributed by atoms with van der Waals surface area (Å²) in [4.78, 5) is 15.7. The summed E-state index contributed by atoms with van der Waals surface area (Å²) >= 11 is 0. The maximum Gasteiger partial charge on any atom is 0.352 e. The second-order valence-corrected chi connectivity index (χ2v) is 2.26. The predicted octanol–water partition coefficient (Wildman–Crippen LogP) is 0.726. The van der Waals surface area contributed by atoms with Gasteiger partial charge in [0.15, 0.2) is 0 Å². The van der Waals surface area contributed by atoms with Gasteiger partial charge in [-0.05, 0) is 6.42 Å². The Morgan fingerprint density at radius 3 is 2.70 bits per heavy atom. The van der Waals surface area contributed by atoms with Crippen LogP contribution in [0, 0.1) is 0 Å². The number of hydroxylamine groups is 2. The Kier molecular flexibility index (Phi) is 2.06. The van der Waals surface area contributed by atoms with Gasteiger partial charge in [-0.15, -0.1) is 5.06 Å². The van der Waals surface area contributed by atoms with Crippen molar-refractivity contribution in [3.63, 3.8) is 0 Å². The Morgan fingerprint density at radius 2 is 2.30 bits per heavy atom.